The number of rotatable bonds is 4. The zero-order valence-corrected chi connectivity index (χ0v) is 14.3. The average molecular weight is 376 g/mol. The van der Waals surface area contributed by atoms with Crippen molar-refractivity contribution in [2.75, 3.05) is 0 Å². The second-order valence-corrected chi connectivity index (χ2v) is 6.68. The van der Waals surface area contributed by atoms with Gasteiger partial charge in [-0.2, -0.15) is 0 Å². The van der Waals surface area contributed by atoms with Crippen LogP contribution in [0.4, 0.5) is 0 Å². The molecule has 0 saturated heterocycles. The van der Waals surface area contributed by atoms with Crippen LogP contribution >= 0.6 is 27.5 Å². The first kappa shape index (κ1) is 15.1. The first-order valence-electron chi connectivity index (χ1n) is 6.83. The van der Waals surface area contributed by atoms with Gasteiger partial charge in [0.25, 0.3) is 5.56 Å². The molecule has 22 heavy (non-hydrogen) atoms. The number of ether oxygens (including phenoxy) is 1. The van der Waals surface area contributed by atoms with Gasteiger partial charge >= 0.3 is 0 Å². The van der Waals surface area contributed by atoms with Crippen molar-refractivity contribution in [3.05, 3.63) is 75.0 Å². The van der Waals surface area contributed by atoms with E-state index < -0.39 is 0 Å². The molecule has 1 atom stereocenters. The molecule has 0 spiro atoms. The van der Waals surface area contributed by atoms with E-state index in [1.807, 2.05) is 49.4 Å². The van der Waals surface area contributed by atoms with Crippen molar-refractivity contribution in [2.24, 2.45) is 0 Å². The van der Waals surface area contributed by atoms with E-state index in [1.54, 1.807) is 6.07 Å². The minimum Gasteiger partial charge on any atom is -0.486 e. The Bertz CT molecular complexity index is 823. The summed E-state index contributed by atoms with van der Waals surface area (Å²) >= 11 is 4.81. The third-order valence-corrected chi connectivity index (χ3v) is 4.66. The molecule has 0 bridgehead atoms. The standard InChI is InChI=1S/C17H14BrNO2S/c1-11(13-3-2-4-14(18)9-13)21-15-7-5-12(6-8-15)16-10-17(20)19-22-16/h2-11H,1H3,(H,19,20)/t11-/m1/s1. The Morgan fingerprint density at radius 3 is 2.55 bits per heavy atom. The highest BCUT2D eigenvalue weighted by Gasteiger charge is 2.08. The number of hydrogen-bond donors (Lipinski definition) is 1. The minimum absolute atomic E-state index is 0.0355. The number of nitrogens with one attached hydrogen (secondary N) is 1. The van der Waals surface area contributed by atoms with Crippen molar-refractivity contribution in [3.8, 4) is 16.2 Å². The van der Waals surface area contributed by atoms with Crippen molar-refractivity contribution in [1.82, 2.24) is 4.37 Å². The molecule has 3 rings (SSSR count). The molecule has 0 aliphatic rings. The van der Waals surface area contributed by atoms with Gasteiger partial charge in [-0.25, -0.2) is 0 Å². The third-order valence-electron chi connectivity index (χ3n) is 3.29. The van der Waals surface area contributed by atoms with Gasteiger partial charge in [-0.05, 0) is 54.4 Å². The zero-order chi connectivity index (χ0) is 15.5. The highest BCUT2D eigenvalue weighted by molar-refractivity contribution is 9.10. The summed E-state index contributed by atoms with van der Waals surface area (Å²) in [5.41, 5.74) is 2.05. The Morgan fingerprint density at radius 1 is 1.14 bits per heavy atom. The molecule has 0 aliphatic carbocycles. The van der Waals surface area contributed by atoms with Crippen LogP contribution in [0.5, 0.6) is 5.75 Å². The van der Waals surface area contributed by atoms with Crippen molar-refractivity contribution in [1.29, 1.82) is 0 Å². The summed E-state index contributed by atoms with van der Waals surface area (Å²) in [6.45, 7) is 2.02. The quantitative estimate of drug-likeness (QED) is 0.696. The average Bonchev–Trinajstić information content (AvgIpc) is 2.94. The van der Waals surface area contributed by atoms with E-state index in [9.17, 15) is 4.79 Å². The van der Waals surface area contributed by atoms with E-state index in [1.165, 1.54) is 11.5 Å². The van der Waals surface area contributed by atoms with Gasteiger partial charge in [0, 0.05) is 10.5 Å². The van der Waals surface area contributed by atoms with E-state index >= 15 is 0 Å². The predicted octanol–water partition coefficient (Wildman–Crippen LogP) is 5.01. The van der Waals surface area contributed by atoms with Gasteiger partial charge in [0.05, 0.1) is 4.88 Å². The number of halogens is 1. The Labute approximate surface area is 140 Å². The van der Waals surface area contributed by atoms with Crippen LogP contribution in [0.2, 0.25) is 0 Å². The Kier molecular flexibility index (Phi) is 4.45. The van der Waals surface area contributed by atoms with Gasteiger partial charge in [-0.3, -0.25) is 9.17 Å². The van der Waals surface area contributed by atoms with E-state index in [0.29, 0.717) is 0 Å². The van der Waals surface area contributed by atoms with Crippen LogP contribution in [0, 0.1) is 0 Å². The maximum Gasteiger partial charge on any atom is 0.258 e. The lowest BCUT2D eigenvalue weighted by atomic mass is 10.1. The molecule has 1 aromatic heterocycles. The highest BCUT2D eigenvalue weighted by Crippen LogP contribution is 2.27. The van der Waals surface area contributed by atoms with Crippen molar-refractivity contribution < 1.29 is 4.74 Å². The topological polar surface area (TPSA) is 42.1 Å². The van der Waals surface area contributed by atoms with Crippen LogP contribution in [0.3, 0.4) is 0 Å². The van der Waals surface area contributed by atoms with Crippen molar-refractivity contribution >= 4 is 27.5 Å². The zero-order valence-electron chi connectivity index (χ0n) is 11.9. The first-order valence-corrected chi connectivity index (χ1v) is 8.44. The van der Waals surface area contributed by atoms with E-state index in [2.05, 4.69) is 26.4 Å². The molecule has 0 unspecified atom stereocenters. The lowest BCUT2D eigenvalue weighted by Crippen LogP contribution is -2.02. The van der Waals surface area contributed by atoms with Gasteiger partial charge in [-0.15, -0.1) is 0 Å². The maximum atomic E-state index is 11.2. The van der Waals surface area contributed by atoms with Crippen LogP contribution in [0.15, 0.2) is 63.9 Å². The fraction of sp³-hybridized carbons (Fsp3) is 0.118. The summed E-state index contributed by atoms with van der Waals surface area (Å²) < 4.78 is 9.70. The summed E-state index contributed by atoms with van der Waals surface area (Å²) in [4.78, 5) is 12.1. The number of benzene rings is 2. The molecule has 3 aromatic rings. The maximum absolute atomic E-state index is 11.2. The molecule has 2 aromatic carbocycles. The second kappa shape index (κ2) is 6.50. The summed E-state index contributed by atoms with van der Waals surface area (Å²) in [7, 11) is 0. The molecular weight excluding hydrogens is 362 g/mol. The van der Waals surface area contributed by atoms with Crippen LogP contribution in [0.1, 0.15) is 18.6 Å². The van der Waals surface area contributed by atoms with E-state index in [-0.39, 0.29) is 11.7 Å². The summed E-state index contributed by atoms with van der Waals surface area (Å²) in [5, 5.41) is 0. The van der Waals surface area contributed by atoms with Gasteiger partial charge < -0.3 is 4.74 Å². The number of aromatic amines is 1. The fourth-order valence-corrected chi connectivity index (χ4v) is 3.26. The first-order chi connectivity index (χ1) is 10.6. The van der Waals surface area contributed by atoms with Crippen molar-refractivity contribution in [2.45, 2.75) is 13.0 Å². The van der Waals surface area contributed by atoms with E-state index in [0.717, 1.165) is 26.2 Å². The fourth-order valence-electron chi connectivity index (χ4n) is 2.15. The predicted molar refractivity (Wildman–Crippen MR) is 93.6 cm³/mol. The monoisotopic (exact) mass is 375 g/mol. The number of hydrogen-bond acceptors (Lipinski definition) is 3. The second-order valence-electron chi connectivity index (χ2n) is 4.92. The Balaban J connectivity index is 1.74. The summed E-state index contributed by atoms with van der Waals surface area (Å²) in [6.07, 6.45) is -0.0355. The molecule has 0 radical (unpaired) electrons. The number of aromatic nitrogens is 1. The Hall–Kier alpha value is -1.85. The van der Waals surface area contributed by atoms with Gasteiger partial charge in [0.1, 0.15) is 11.9 Å². The number of H-pyrrole nitrogens is 1. The third kappa shape index (κ3) is 3.48. The molecule has 0 aliphatic heterocycles. The van der Waals surface area contributed by atoms with Crippen LogP contribution in [-0.2, 0) is 0 Å². The molecule has 5 heteroatoms. The summed E-state index contributed by atoms with van der Waals surface area (Å²) in [5.74, 6) is 0.805. The largest absolute Gasteiger partial charge is 0.486 e. The van der Waals surface area contributed by atoms with Crippen LogP contribution in [-0.4, -0.2) is 4.37 Å². The van der Waals surface area contributed by atoms with Gasteiger partial charge in [-0.1, -0.05) is 39.6 Å². The molecule has 1 N–H and O–H groups in total. The molecule has 0 fully saturated rings. The van der Waals surface area contributed by atoms with Crippen LogP contribution in [0.25, 0.3) is 10.4 Å². The lowest BCUT2D eigenvalue weighted by molar-refractivity contribution is 0.227. The molecular formula is C17H14BrNO2S. The van der Waals surface area contributed by atoms with Gasteiger partial charge in [0.2, 0.25) is 0 Å². The van der Waals surface area contributed by atoms with Crippen LogP contribution < -0.4 is 10.3 Å². The molecule has 3 nitrogen and oxygen atoms in total. The normalized spacial score (nSPS) is 12.1. The lowest BCUT2D eigenvalue weighted by Gasteiger charge is -2.15. The smallest absolute Gasteiger partial charge is 0.258 e. The van der Waals surface area contributed by atoms with E-state index in [4.69, 9.17) is 4.74 Å². The molecule has 0 saturated carbocycles. The highest BCUT2D eigenvalue weighted by atomic mass is 79.9. The Morgan fingerprint density at radius 2 is 1.91 bits per heavy atom. The molecule has 112 valence electrons. The molecule has 0 amide bonds. The SMILES string of the molecule is C[C@@H](Oc1ccc(-c2cc(=O)[nH]s2)cc1)c1cccc(Br)c1. The summed E-state index contributed by atoms with van der Waals surface area (Å²) in [6, 6.07) is 17.5. The van der Waals surface area contributed by atoms with Crippen molar-refractivity contribution in [3.63, 3.8) is 0 Å². The van der Waals surface area contributed by atoms with Gasteiger partial charge in [0.15, 0.2) is 0 Å². The minimum atomic E-state index is -0.0661. The molecule has 1 heterocycles.